The number of fused-ring (bicyclic) bond motifs is 1. The van der Waals surface area contributed by atoms with E-state index in [0.29, 0.717) is 5.56 Å². The standard InChI is InChI=1S/C16H19FN2O2/c1-9-10(2)18-15-4-3-11(5-14(9)15)16(21)19-7-12(17)6-13(19)8-20/h3-5,12-13,18,20H,6-8H2,1-2H3/t12-,13-/m0/s1. The zero-order valence-corrected chi connectivity index (χ0v) is 12.2. The van der Waals surface area contributed by atoms with E-state index >= 15 is 0 Å². The molecule has 4 nitrogen and oxygen atoms in total. The smallest absolute Gasteiger partial charge is 0.254 e. The number of carbonyl (C=O) groups is 1. The molecule has 0 aliphatic carbocycles. The topological polar surface area (TPSA) is 56.3 Å². The van der Waals surface area contributed by atoms with Crippen LogP contribution in [0.2, 0.25) is 0 Å². The van der Waals surface area contributed by atoms with Crippen molar-refractivity contribution in [1.82, 2.24) is 9.88 Å². The van der Waals surface area contributed by atoms with Crippen LogP contribution >= 0.6 is 0 Å². The van der Waals surface area contributed by atoms with E-state index in [1.165, 1.54) is 4.90 Å². The summed E-state index contributed by atoms with van der Waals surface area (Å²) in [5, 5.41) is 10.3. The number of aliphatic hydroxyl groups excluding tert-OH is 1. The molecule has 5 heteroatoms. The van der Waals surface area contributed by atoms with Crippen LogP contribution in [0.4, 0.5) is 4.39 Å². The van der Waals surface area contributed by atoms with E-state index in [4.69, 9.17) is 0 Å². The van der Waals surface area contributed by atoms with Gasteiger partial charge in [0.2, 0.25) is 0 Å². The third-order valence-electron chi connectivity index (χ3n) is 4.39. The van der Waals surface area contributed by atoms with E-state index < -0.39 is 12.2 Å². The highest BCUT2D eigenvalue weighted by molar-refractivity contribution is 5.99. The number of aromatic amines is 1. The molecule has 1 aromatic carbocycles. The molecule has 0 radical (unpaired) electrons. The number of aliphatic hydroxyl groups is 1. The van der Waals surface area contributed by atoms with Crippen LogP contribution in [-0.4, -0.2) is 46.3 Å². The Kier molecular flexibility index (Phi) is 3.45. The SMILES string of the molecule is Cc1[nH]c2ccc(C(=O)N3C[C@@H](F)C[C@H]3CO)cc2c1C. The van der Waals surface area contributed by atoms with Crippen molar-refractivity contribution in [1.29, 1.82) is 0 Å². The molecule has 1 saturated heterocycles. The first-order valence-corrected chi connectivity index (χ1v) is 7.16. The number of amides is 1. The summed E-state index contributed by atoms with van der Waals surface area (Å²) in [6.07, 6.45) is -0.835. The molecule has 21 heavy (non-hydrogen) atoms. The van der Waals surface area contributed by atoms with E-state index in [9.17, 15) is 14.3 Å². The number of H-pyrrole nitrogens is 1. The molecule has 2 N–H and O–H groups in total. The van der Waals surface area contributed by atoms with Crippen molar-refractivity contribution in [3.63, 3.8) is 0 Å². The second-order valence-electron chi connectivity index (χ2n) is 5.76. The van der Waals surface area contributed by atoms with Crippen LogP contribution < -0.4 is 0 Å². The van der Waals surface area contributed by atoms with Gasteiger partial charge in [-0.25, -0.2) is 4.39 Å². The fourth-order valence-corrected chi connectivity index (χ4v) is 3.04. The first kappa shape index (κ1) is 14.1. The number of hydrogen-bond donors (Lipinski definition) is 2. The van der Waals surface area contributed by atoms with Crippen molar-refractivity contribution in [2.45, 2.75) is 32.5 Å². The van der Waals surface area contributed by atoms with E-state index in [1.54, 1.807) is 6.07 Å². The summed E-state index contributed by atoms with van der Waals surface area (Å²) in [4.78, 5) is 17.3. The number of benzene rings is 1. The summed E-state index contributed by atoms with van der Waals surface area (Å²) in [6, 6.07) is 5.05. The number of hydrogen-bond acceptors (Lipinski definition) is 2. The second-order valence-corrected chi connectivity index (χ2v) is 5.76. The highest BCUT2D eigenvalue weighted by Crippen LogP contribution is 2.26. The Hall–Kier alpha value is -1.88. The lowest BCUT2D eigenvalue weighted by Crippen LogP contribution is -2.37. The van der Waals surface area contributed by atoms with Gasteiger partial charge in [-0.2, -0.15) is 0 Å². The molecule has 1 amide bonds. The fourth-order valence-electron chi connectivity index (χ4n) is 3.04. The maximum Gasteiger partial charge on any atom is 0.254 e. The summed E-state index contributed by atoms with van der Waals surface area (Å²) in [5.41, 5.74) is 3.72. The maximum atomic E-state index is 13.5. The van der Waals surface area contributed by atoms with Gasteiger partial charge in [0, 0.05) is 28.6 Å². The van der Waals surface area contributed by atoms with Crippen molar-refractivity contribution in [3.8, 4) is 0 Å². The van der Waals surface area contributed by atoms with Gasteiger partial charge in [0.05, 0.1) is 19.2 Å². The molecule has 2 heterocycles. The number of rotatable bonds is 2. The molecule has 1 aliphatic heterocycles. The average Bonchev–Trinajstić information content (AvgIpc) is 2.99. The van der Waals surface area contributed by atoms with E-state index in [0.717, 1.165) is 22.2 Å². The van der Waals surface area contributed by atoms with Gasteiger partial charge >= 0.3 is 0 Å². The monoisotopic (exact) mass is 290 g/mol. The lowest BCUT2D eigenvalue weighted by atomic mass is 10.1. The Morgan fingerprint density at radius 3 is 2.95 bits per heavy atom. The number of carbonyl (C=O) groups excluding carboxylic acids is 1. The van der Waals surface area contributed by atoms with Crippen LogP contribution in [-0.2, 0) is 0 Å². The number of likely N-dealkylation sites (tertiary alicyclic amines) is 1. The third kappa shape index (κ3) is 2.31. The molecule has 0 unspecified atom stereocenters. The van der Waals surface area contributed by atoms with Gasteiger partial charge in [-0.1, -0.05) is 0 Å². The van der Waals surface area contributed by atoms with Crippen LogP contribution in [0.25, 0.3) is 10.9 Å². The molecular formula is C16H19FN2O2. The molecule has 0 saturated carbocycles. The molecule has 0 bridgehead atoms. The quantitative estimate of drug-likeness (QED) is 0.892. The van der Waals surface area contributed by atoms with Crippen LogP contribution in [0.5, 0.6) is 0 Å². The summed E-state index contributed by atoms with van der Waals surface area (Å²) in [7, 11) is 0. The Morgan fingerprint density at radius 1 is 1.48 bits per heavy atom. The van der Waals surface area contributed by atoms with Crippen molar-refractivity contribution in [2.24, 2.45) is 0 Å². The van der Waals surface area contributed by atoms with Crippen molar-refractivity contribution in [3.05, 3.63) is 35.0 Å². The number of halogens is 1. The lowest BCUT2D eigenvalue weighted by molar-refractivity contribution is 0.0673. The first-order chi connectivity index (χ1) is 10.0. The molecule has 1 aliphatic rings. The fraction of sp³-hybridized carbons (Fsp3) is 0.438. The Morgan fingerprint density at radius 2 is 2.24 bits per heavy atom. The Bertz CT molecular complexity index is 695. The predicted molar refractivity (Wildman–Crippen MR) is 79.2 cm³/mol. The number of aromatic nitrogens is 1. The molecule has 2 atom stereocenters. The van der Waals surface area contributed by atoms with Gasteiger partial charge < -0.3 is 15.0 Å². The number of aryl methyl sites for hydroxylation is 2. The number of nitrogens with one attached hydrogen (secondary N) is 1. The van der Waals surface area contributed by atoms with E-state index in [-0.39, 0.29) is 25.5 Å². The van der Waals surface area contributed by atoms with Gasteiger partial charge in [0.1, 0.15) is 6.17 Å². The highest BCUT2D eigenvalue weighted by Gasteiger charge is 2.35. The largest absolute Gasteiger partial charge is 0.394 e. The summed E-state index contributed by atoms with van der Waals surface area (Å²) < 4.78 is 13.5. The predicted octanol–water partition coefficient (Wildman–Crippen LogP) is 2.33. The number of alkyl halides is 1. The molecular weight excluding hydrogens is 271 g/mol. The molecule has 112 valence electrons. The van der Waals surface area contributed by atoms with Gasteiger partial charge in [0.15, 0.2) is 0 Å². The summed E-state index contributed by atoms with van der Waals surface area (Å²) in [6.45, 7) is 3.86. The Balaban J connectivity index is 1.96. The third-order valence-corrected chi connectivity index (χ3v) is 4.39. The molecule has 1 fully saturated rings. The zero-order chi connectivity index (χ0) is 15.1. The van der Waals surface area contributed by atoms with Crippen LogP contribution in [0.1, 0.15) is 28.0 Å². The maximum absolute atomic E-state index is 13.5. The van der Waals surface area contributed by atoms with Crippen LogP contribution in [0.3, 0.4) is 0 Å². The van der Waals surface area contributed by atoms with Crippen LogP contribution in [0.15, 0.2) is 18.2 Å². The van der Waals surface area contributed by atoms with Crippen molar-refractivity contribution < 1.29 is 14.3 Å². The van der Waals surface area contributed by atoms with Gasteiger partial charge in [-0.3, -0.25) is 4.79 Å². The minimum absolute atomic E-state index is 0.0627. The minimum Gasteiger partial charge on any atom is -0.394 e. The summed E-state index contributed by atoms with van der Waals surface area (Å²) in [5.74, 6) is -0.214. The van der Waals surface area contributed by atoms with Gasteiger partial charge in [-0.05, 0) is 37.6 Å². The van der Waals surface area contributed by atoms with Crippen molar-refractivity contribution >= 4 is 16.8 Å². The first-order valence-electron chi connectivity index (χ1n) is 7.16. The number of nitrogens with zero attached hydrogens (tertiary/aromatic N) is 1. The van der Waals surface area contributed by atoms with Gasteiger partial charge in [-0.15, -0.1) is 0 Å². The average molecular weight is 290 g/mol. The summed E-state index contributed by atoms with van der Waals surface area (Å²) >= 11 is 0. The Labute approximate surface area is 122 Å². The molecule has 1 aromatic heterocycles. The van der Waals surface area contributed by atoms with E-state index in [1.807, 2.05) is 26.0 Å². The van der Waals surface area contributed by atoms with Crippen molar-refractivity contribution in [2.75, 3.05) is 13.2 Å². The van der Waals surface area contributed by atoms with Crippen LogP contribution in [0, 0.1) is 13.8 Å². The van der Waals surface area contributed by atoms with E-state index in [2.05, 4.69) is 4.98 Å². The van der Waals surface area contributed by atoms with Gasteiger partial charge in [0.25, 0.3) is 5.91 Å². The molecule has 0 spiro atoms. The highest BCUT2D eigenvalue weighted by atomic mass is 19.1. The minimum atomic E-state index is -1.05. The molecule has 3 rings (SSSR count). The second kappa shape index (κ2) is 5.15. The normalized spacial score (nSPS) is 22.2. The lowest BCUT2D eigenvalue weighted by Gasteiger charge is -2.22. The zero-order valence-electron chi connectivity index (χ0n) is 12.2. The molecule has 2 aromatic rings.